The molecule has 0 atom stereocenters. The highest BCUT2D eigenvalue weighted by Gasteiger charge is 2.12. The maximum Gasteiger partial charge on any atom is 0.330 e. The highest BCUT2D eigenvalue weighted by molar-refractivity contribution is 5.81. The van der Waals surface area contributed by atoms with Crippen LogP contribution in [0.1, 0.15) is 26.3 Å². The summed E-state index contributed by atoms with van der Waals surface area (Å²) in [6.45, 7) is 12.4. The van der Waals surface area contributed by atoms with Crippen LogP contribution >= 0.6 is 0 Å². The average molecular weight is 246 g/mol. The first-order valence-corrected chi connectivity index (χ1v) is 5.89. The van der Waals surface area contributed by atoms with Crippen LogP contribution in [0.3, 0.4) is 0 Å². The van der Waals surface area contributed by atoms with E-state index in [-0.39, 0.29) is 5.97 Å². The molecule has 98 valence electrons. The first kappa shape index (κ1) is 16.2. The van der Waals surface area contributed by atoms with Crippen molar-refractivity contribution in [1.29, 1.82) is 0 Å². The maximum absolute atomic E-state index is 10.5. The smallest absolute Gasteiger partial charge is 0.330 e. The van der Waals surface area contributed by atoms with Gasteiger partial charge in [-0.1, -0.05) is 43.0 Å². The Morgan fingerprint density at radius 2 is 1.78 bits per heavy atom. The van der Waals surface area contributed by atoms with Crippen molar-refractivity contribution in [2.24, 2.45) is 0 Å². The normalized spacial score (nSPS) is 9.72. The molecule has 0 unspecified atom stereocenters. The molecule has 0 saturated carbocycles. The zero-order valence-corrected chi connectivity index (χ0v) is 11.5. The minimum Gasteiger partial charge on any atom is -0.457 e. The second kappa shape index (κ2) is 8.29. The second-order valence-corrected chi connectivity index (χ2v) is 4.72. The molecule has 2 heteroatoms. The zero-order chi connectivity index (χ0) is 14.0. The van der Waals surface area contributed by atoms with Gasteiger partial charge in [0.15, 0.2) is 0 Å². The highest BCUT2D eigenvalue weighted by Crippen LogP contribution is 2.06. The fourth-order valence-electron chi connectivity index (χ4n) is 1.12. The summed E-state index contributed by atoms with van der Waals surface area (Å²) in [5, 5.41) is 0. The Bertz CT molecular complexity index is 372. The third-order valence-corrected chi connectivity index (χ3v) is 1.80. The fraction of sp³-hybridized carbons (Fsp3) is 0.312. The number of rotatable bonds is 3. The molecule has 0 N–H and O–H groups in total. The molecule has 1 rings (SSSR count). The lowest BCUT2D eigenvalue weighted by Crippen LogP contribution is -2.22. The standard InChI is InChI=1S/C9H10.C7H12O2/c1-2-6-9-7-4-3-5-8-9;1-5-6(8)9-7(2,3)4/h2-5,7-8H,1,6H2;5H,1H2,2-4H3. The summed E-state index contributed by atoms with van der Waals surface area (Å²) in [4.78, 5) is 10.5. The molecule has 0 aromatic heterocycles. The third-order valence-electron chi connectivity index (χ3n) is 1.80. The van der Waals surface area contributed by atoms with Gasteiger partial charge >= 0.3 is 5.97 Å². The van der Waals surface area contributed by atoms with Gasteiger partial charge in [0.2, 0.25) is 0 Å². The Labute approximate surface area is 110 Å². The van der Waals surface area contributed by atoms with Crippen molar-refractivity contribution in [1.82, 2.24) is 0 Å². The molecule has 0 aliphatic heterocycles. The van der Waals surface area contributed by atoms with E-state index in [1.807, 2.05) is 45.0 Å². The molecule has 0 fully saturated rings. The Hall–Kier alpha value is -1.83. The van der Waals surface area contributed by atoms with Gasteiger partial charge < -0.3 is 4.74 Å². The van der Waals surface area contributed by atoms with Crippen molar-refractivity contribution in [3.63, 3.8) is 0 Å². The summed E-state index contributed by atoms with van der Waals surface area (Å²) >= 11 is 0. The van der Waals surface area contributed by atoms with E-state index in [1.165, 1.54) is 5.56 Å². The van der Waals surface area contributed by atoms with E-state index < -0.39 is 5.60 Å². The van der Waals surface area contributed by atoms with Gasteiger partial charge in [-0.2, -0.15) is 0 Å². The molecular formula is C16H22O2. The molecule has 2 nitrogen and oxygen atoms in total. The molecule has 0 bridgehead atoms. The van der Waals surface area contributed by atoms with Crippen LogP contribution < -0.4 is 0 Å². The van der Waals surface area contributed by atoms with E-state index in [1.54, 1.807) is 0 Å². The number of carbonyl (C=O) groups excluding carboxylic acids is 1. The molecule has 1 aromatic carbocycles. The first-order chi connectivity index (χ1) is 8.39. The Morgan fingerprint density at radius 3 is 2.11 bits per heavy atom. The molecule has 0 saturated heterocycles. The van der Waals surface area contributed by atoms with Crippen molar-refractivity contribution in [2.75, 3.05) is 0 Å². The zero-order valence-electron chi connectivity index (χ0n) is 11.5. The van der Waals surface area contributed by atoms with Gasteiger partial charge in [-0.3, -0.25) is 0 Å². The number of benzene rings is 1. The summed E-state index contributed by atoms with van der Waals surface area (Å²) in [6, 6.07) is 10.3. The van der Waals surface area contributed by atoms with Crippen molar-refractivity contribution in [3.8, 4) is 0 Å². The van der Waals surface area contributed by atoms with Crippen LogP contribution in [-0.4, -0.2) is 11.6 Å². The van der Waals surface area contributed by atoms with Crippen molar-refractivity contribution < 1.29 is 9.53 Å². The van der Waals surface area contributed by atoms with Crippen molar-refractivity contribution in [3.05, 3.63) is 61.2 Å². The molecule has 18 heavy (non-hydrogen) atoms. The van der Waals surface area contributed by atoms with Gasteiger partial charge in [0.1, 0.15) is 5.60 Å². The van der Waals surface area contributed by atoms with Crippen molar-refractivity contribution >= 4 is 5.97 Å². The average Bonchev–Trinajstić information content (AvgIpc) is 2.29. The number of carbonyl (C=O) groups is 1. The van der Waals surface area contributed by atoms with Gasteiger partial charge in [0, 0.05) is 6.08 Å². The summed E-state index contributed by atoms with van der Waals surface area (Å²) < 4.78 is 4.83. The molecule has 0 heterocycles. The summed E-state index contributed by atoms with van der Waals surface area (Å²) in [6.07, 6.45) is 4.04. The predicted molar refractivity (Wildman–Crippen MR) is 76.4 cm³/mol. The molecule has 1 aromatic rings. The van der Waals surface area contributed by atoms with Crippen molar-refractivity contribution in [2.45, 2.75) is 32.8 Å². The van der Waals surface area contributed by atoms with E-state index >= 15 is 0 Å². The number of hydrogen-bond acceptors (Lipinski definition) is 2. The lowest BCUT2D eigenvalue weighted by atomic mass is 10.2. The molecule has 0 aliphatic rings. The first-order valence-electron chi connectivity index (χ1n) is 5.89. The highest BCUT2D eigenvalue weighted by atomic mass is 16.6. The minimum absolute atomic E-state index is 0.373. The molecule has 0 amide bonds. The van der Waals surface area contributed by atoms with E-state index in [0.717, 1.165) is 12.5 Å². The van der Waals surface area contributed by atoms with Gasteiger partial charge in [-0.05, 0) is 32.8 Å². The van der Waals surface area contributed by atoms with Crippen LogP contribution in [0.4, 0.5) is 0 Å². The van der Waals surface area contributed by atoms with Crippen LogP contribution in [0.25, 0.3) is 0 Å². The quantitative estimate of drug-likeness (QED) is 0.459. The molecule has 0 spiro atoms. The summed E-state index contributed by atoms with van der Waals surface area (Å²) in [7, 11) is 0. The number of esters is 1. The summed E-state index contributed by atoms with van der Waals surface area (Å²) in [5.74, 6) is -0.373. The number of ether oxygens (including phenoxy) is 1. The van der Waals surface area contributed by atoms with Crippen LogP contribution in [0.2, 0.25) is 0 Å². The van der Waals surface area contributed by atoms with Gasteiger partial charge in [-0.15, -0.1) is 6.58 Å². The lowest BCUT2D eigenvalue weighted by molar-refractivity contribution is -0.148. The molecule has 0 aliphatic carbocycles. The van der Waals surface area contributed by atoms with Crippen LogP contribution in [0.5, 0.6) is 0 Å². The Morgan fingerprint density at radius 1 is 1.22 bits per heavy atom. The van der Waals surface area contributed by atoms with Crippen LogP contribution in [0.15, 0.2) is 55.6 Å². The van der Waals surface area contributed by atoms with Gasteiger partial charge in [0.25, 0.3) is 0 Å². The van der Waals surface area contributed by atoms with Crippen LogP contribution in [0, 0.1) is 0 Å². The van der Waals surface area contributed by atoms with E-state index in [0.29, 0.717) is 0 Å². The van der Waals surface area contributed by atoms with E-state index in [2.05, 4.69) is 25.3 Å². The van der Waals surface area contributed by atoms with Gasteiger partial charge in [-0.25, -0.2) is 4.79 Å². The third kappa shape index (κ3) is 9.40. The van der Waals surface area contributed by atoms with Gasteiger partial charge in [0.05, 0.1) is 0 Å². The minimum atomic E-state index is -0.398. The van der Waals surface area contributed by atoms with E-state index in [4.69, 9.17) is 4.74 Å². The topological polar surface area (TPSA) is 26.3 Å². The molecule has 0 radical (unpaired) electrons. The Balaban J connectivity index is 0.000000321. The largest absolute Gasteiger partial charge is 0.457 e. The predicted octanol–water partition coefficient (Wildman–Crippen LogP) is 3.93. The number of allylic oxidation sites excluding steroid dienone is 1. The fourth-order valence-corrected chi connectivity index (χ4v) is 1.12. The van der Waals surface area contributed by atoms with Crippen LogP contribution in [-0.2, 0) is 16.0 Å². The second-order valence-electron chi connectivity index (χ2n) is 4.72. The van der Waals surface area contributed by atoms with E-state index in [9.17, 15) is 4.79 Å². The monoisotopic (exact) mass is 246 g/mol. The lowest BCUT2D eigenvalue weighted by Gasteiger charge is -2.17. The maximum atomic E-state index is 10.5. The Kier molecular flexibility index (Phi) is 7.45. The summed E-state index contributed by atoms with van der Waals surface area (Å²) in [5.41, 5.74) is 0.929. The SMILES string of the molecule is C=CC(=O)OC(C)(C)C.C=CCc1ccccc1. The number of hydrogen-bond donors (Lipinski definition) is 0. The molecular weight excluding hydrogens is 224 g/mol.